The Morgan fingerprint density at radius 2 is 1.67 bits per heavy atom. The van der Waals surface area contributed by atoms with Gasteiger partial charge in [0.05, 0.1) is 6.07 Å². The van der Waals surface area contributed by atoms with E-state index in [1.165, 1.54) is 38.5 Å². The van der Waals surface area contributed by atoms with Crippen molar-refractivity contribution < 1.29 is 4.74 Å². The fourth-order valence-electron chi connectivity index (χ4n) is 3.65. The lowest BCUT2D eigenvalue weighted by Crippen LogP contribution is -2.25. The van der Waals surface area contributed by atoms with E-state index in [0.717, 1.165) is 25.2 Å². The lowest BCUT2D eigenvalue weighted by Gasteiger charge is -2.33. The Labute approximate surface area is 110 Å². The minimum Gasteiger partial charge on any atom is -0.424 e. The minimum absolute atomic E-state index is 0.157. The van der Waals surface area contributed by atoms with Gasteiger partial charge in [0, 0.05) is 5.92 Å². The molecule has 2 fully saturated rings. The lowest BCUT2D eigenvalue weighted by atomic mass is 9.72. The molecule has 2 saturated carbocycles. The monoisotopic (exact) mass is 246 g/mol. The van der Waals surface area contributed by atoms with Crippen LogP contribution in [0, 0.1) is 40.6 Å². The van der Waals surface area contributed by atoms with E-state index >= 15 is 0 Å². The standard InChI is InChI=1S/C15H22N2O/c16-10-14-4-2-1-3-13(14)9-12-5-7-15(8-6-12)18-11-17/h12-15H,1-9H2. The number of nitrogens with zero attached hydrogens (tertiary/aromatic N) is 2. The van der Waals surface area contributed by atoms with E-state index in [1.807, 2.05) is 0 Å². The van der Waals surface area contributed by atoms with Crippen LogP contribution in [0.2, 0.25) is 0 Å². The molecule has 2 rings (SSSR count). The van der Waals surface area contributed by atoms with Gasteiger partial charge in [-0.1, -0.05) is 12.8 Å². The first-order chi connectivity index (χ1) is 8.83. The molecule has 0 radical (unpaired) electrons. The molecule has 98 valence electrons. The smallest absolute Gasteiger partial charge is 0.286 e. The van der Waals surface area contributed by atoms with Gasteiger partial charge in [0.1, 0.15) is 6.10 Å². The summed E-state index contributed by atoms with van der Waals surface area (Å²) in [5, 5.41) is 17.7. The minimum atomic E-state index is 0.157. The Bertz CT molecular complexity index is 333. The maximum absolute atomic E-state index is 9.20. The van der Waals surface area contributed by atoms with Gasteiger partial charge in [0.15, 0.2) is 0 Å². The largest absolute Gasteiger partial charge is 0.424 e. The molecule has 2 unspecified atom stereocenters. The zero-order valence-electron chi connectivity index (χ0n) is 11.0. The third-order valence-corrected chi connectivity index (χ3v) is 4.72. The van der Waals surface area contributed by atoms with Crippen molar-refractivity contribution in [3.63, 3.8) is 0 Å². The molecular weight excluding hydrogens is 224 g/mol. The van der Waals surface area contributed by atoms with Crippen molar-refractivity contribution in [1.29, 1.82) is 10.5 Å². The van der Waals surface area contributed by atoms with Crippen LogP contribution in [-0.4, -0.2) is 6.10 Å². The molecule has 2 atom stereocenters. The van der Waals surface area contributed by atoms with Crippen LogP contribution in [0.15, 0.2) is 0 Å². The third kappa shape index (κ3) is 3.39. The van der Waals surface area contributed by atoms with Crippen LogP contribution in [-0.2, 0) is 4.74 Å². The van der Waals surface area contributed by atoms with Gasteiger partial charge in [-0.15, -0.1) is 0 Å². The fourth-order valence-corrected chi connectivity index (χ4v) is 3.65. The van der Waals surface area contributed by atoms with Crippen molar-refractivity contribution in [2.45, 2.75) is 63.9 Å². The normalized spacial score (nSPS) is 36.3. The van der Waals surface area contributed by atoms with Gasteiger partial charge in [-0.2, -0.15) is 10.5 Å². The molecule has 3 nitrogen and oxygen atoms in total. The van der Waals surface area contributed by atoms with Gasteiger partial charge in [0.25, 0.3) is 6.26 Å². The van der Waals surface area contributed by atoms with Crippen molar-refractivity contribution in [2.75, 3.05) is 0 Å². The van der Waals surface area contributed by atoms with E-state index in [1.54, 1.807) is 6.26 Å². The van der Waals surface area contributed by atoms with Gasteiger partial charge in [-0.25, -0.2) is 0 Å². The highest BCUT2D eigenvalue weighted by atomic mass is 16.5. The maximum Gasteiger partial charge on any atom is 0.286 e. The second-order valence-electron chi connectivity index (χ2n) is 5.87. The maximum atomic E-state index is 9.20. The van der Waals surface area contributed by atoms with Crippen LogP contribution >= 0.6 is 0 Å². The van der Waals surface area contributed by atoms with Crippen molar-refractivity contribution in [3.8, 4) is 12.3 Å². The average Bonchev–Trinajstić information content (AvgIpc) is 2.42. The van der Waals surface area contributed by atoms with Crippen LogP contribution in [0.25, 0.3) is 0 Å². The molecule has 0 aromatic heterocycles. The predicted octanol–water partition coefficient (Wildman–Crippen LogP) is 3.76. The van der Waals surface area contributed by atoms with Crippen LogP contribution in [0.4, 0.5) is 0 Å². The number of hydrogen-bond acceptors (Lipinski definition) is 3. The second-order valence-corrected chi connectivity index (χ2v) is 5.87. The molecule has 0 N–H and O–H groups in total. The van der Waals surface area contributed by atoms with Gasteiger partial charge in [-0.3, -0.25) is 0 Å². The second kappa shape index (κ2) is 6.64. The summed E-state index contributed by atoms with van der Waals surface area (Å²) in [5.74, 6) is 1.68. The van der Waals surface area contributed by atoms with E-state index in [4.69, 9.17) is 10.00 Å². The Morgan fingerprint density at radius 1 is 0.944 bits per heavy atom. The zero-order chi connectivity index (χ0) is 12.8. The number of rotatable bonds is 3. The number of hydrogen-bond donors (Lipinski definition) is 0. The van der Waals surface area contributed by atoms with Gasteiger partial charge >= 0.3 is 0 Å². The highest BCUT2D eigenvalue weighted by molar-refractivity contribution is 4.92. The topological polar surface area (TPSA) is 56.8 Å². The molecule has 0 saturated heterocycles. The highest BCUT2D eigenvalue weighted by Gasteiger charge is 2.30. The van der Waals surface area contributed by atoms with Crippen molar-refractivity contribution in [3.05, 3.63) is 0 Å². The predicted molar refractivity (Wildman–Crippen MR) is 68.1 cm³/mol. The summed E-state index contributed by atoms with van der Waals surface area (Å²) in [6.07, 6.45) is 12.4. The van der Waals surface area contributed by atoms with Crippen molar-refractivity contribution in [2.24, 2.45) is 17.8 Å². The molecule has 0 aromatic rings. The molecule has 3 heteroatoms. The highest BCUT2D eigenvalue weighted by Crippen LogP contribution is 2.38. The van der Waals surface area contributed by atoms with Gasteiger partial charge < -0.3 is 4.74 Å². The molecular formula is C15H22N2O. The van der Waals surface area contributed by atoms with Crippen LogP contribution in [0.5, 0.6) is 0 Å². The van der Waals surface area contributed by atoms with E-state index < -0.39 is 0 Å². The van der Waals surface area contributed by atoms with E-state index in [-0.39, 0.29) is 6.10 Å². The van der Waals surface area contributed by atoms with E-state index in [9.17, 15) is 5.26 Å². The number of ether oxygens (including phenoxy) is 1. The van der Waals surface area contributed by atoms with Gasteiger partial charge in [-0.05, 0) is 56.8 Å². The summed E-state index contributed by atoms with van der Waals surface area (Å²) in [6.45, 7) is 0. The number of nitriles is 2. The summed E-state index contributed by atoms with van der Waals surface area (Å²) >= 11 is 0. The Hall–Kier alpha value is -1.22. The molecule has 0 heterocycles. The SMILES string of the molecule is N#COC1CCC(CC2CCCCC2C#N)CC1. The van der Waals surface area contributed by atoms with Crippen molar-refractivity contribution >= 4 is 0 Å². The molecule has 18 heavy (non-hydrogen) atoms. The van der Waals surface area contributed by atoms with Crippen LogP contribution in [0.3, 0.4) is 0 Å². The Balaban J connectivity index is 1.77. The Morgan fingerprint density at radius 3 is 2.33 bits per heavy atom. The molecule has 0 spiro atoms. The van der Waals surface area contributed by atoms with Crippen molar-refractivity contribution in [1.82, 2.24) is 0 Å². The fraction of sp³-hybridized carbons (Fsp3) is 0.867. The first-order valence-corrected chi connectivity index (χ1v) is 7.28. The summed E-state index contributed by atoms with van der Waals surface area (Å²) in [7, 11) is 0. The first-order valence-electron chi connectivity index (χ1n) is 7.28. The molecule has 2 aliphatic rings. The summed E-state index contributed by atoms with van der Waals surface area (Å²) in [4.78, 5) is 0. The molecule has 0 bridgehead atoms. The summed E-state index contributed by atoms with van der Waals surface area (Å²) in [5.41, 5.74) is 0. The summed E-state index contributed by atoms with van der Waals surface area (Å²) in [6, 6.07) is 2.50. The zero-order valence-corrected chi connectivity index (χ0v) is 11.0. The van der Waals surface area contributed by atoms with Gasteiger partial charge in [0.2, 0.25) is 0 Å². The Kier molecular flexibility index (Phi) is 4.88. The third-order valence-electron chi connectivity index (χ3n) is 4.72. The first kappa shape index (κ1) is 13.2. The quantitative estimate of drug-likeness (QED) is 0.712. The summed E-state index contributed by atoms with van der Waals surface area (Å²) < 4.78 is 5.02. The van der Waals surface area contributed by atoms with E-state index in [0.29, 0.717) is 11.8 Å². The lowest BCUT2D eigenvalue weighted by molar-refractivity contribution is 0.0890. The van der Waals surface area contributed by atoms with E-state index in [2.05, 4.69) is 6.07 Å². The molecule has 2 aliphatic carbocycles. The molecule has 0 amide bonds. The molecule has 0 aliphatic heterocycles. The van der Waals surface area contributed by atoms with Crippen LogP contribution in [0.1, 0.15) is 57.8 Å². The molecule has 0 aromatic carbocycles. The average molecular weight is 246 g/mol. The van der Waals surface area contributed by atoms with Crippen LogP contribution < -0.4 is 0 Å².